The van der Waals surface area contributed by atoms with E-state index in [2.05, 4.69) is 10.5 Å². The van der Waals surface area contributed by atoms with Crippen molar-refractivity contribution in [2.24, 2.45) is 0 Å². The van der Waals surface area contributed by atoms with Crippen molar-refractivity contribution in [2.75, 3.05) is 28.0 Å². The Morgan fingerprint density at radius 3 is 2.52 bits per heavy atom. The number of amides is 1. The molecule has 0 bridgehead atoms. The Kier molecular flexibility index (Phi) is 4.19. The summed E-state index contributed by atoms with van der Waals surface area (Å²) in [5.74, 6) is 0.564. The Bertz CT molecular complexity index is 916. The molecule has 0 unspecified atom stereocenters. The van der Waals surface area contributed by atoms with E-state index in [1.54, 1.807) is 18.2 Å². The molecule has 25 heavy (non-hydrogen) atoms. The summed E-state index contributed by atoms with van der Waals surface area (Å²) >= 11 is 0. The maximum atomic E-state index is 12.2. The van der Waals surface area contributed by atoms with Gasteiger partial charge in [-0.15, -0.1) is 0 Å². The Hall–Kier alpha value is -2.55. The second kappa shape index (κ2) is 6.07. The Balaban J connectivity index is 1.71. The molecule has 1 amide bonds. The number of aryl methyl sites for hydroxylation is 2. The average Bonchev–Trinajstić information content (AvgIpc) is 2.96. The third-order valence-electron chi connectivity index (χ3n) is 4.41. The number of fused-ring (bicyclic) bond motifs is 1. The zero-order valence-corrected chi connectivity index (χ0v) is 15.3. The molecule has 0 atom stereocenters. The lowest BCUT2D eigenvalue weighted by Gasteiger charge is -2.13. The molecule has 0 radical (unpaired) electrons. The van der Waals surface area contributed by atoms with Crippen molar-refractivity contribution in [3.05, 3.63) is 35.2 Å². The number of aromatic nitrogens is 1. The summed E-state index contributed by atoms with van der Waals surface area (Å²) in [5.41, 5.74) is 3.40. The van der Waals surface area contributed by atoms with E-state index in [-0.39, 0.29) is 12.3 Å². The number of benzene rings is 1. The van der Waals surface area contributed by atoms with E-state index in [4.69, 9.17) is 4.52 Å². The van der Waals surface area contributed by atoms with Crippen LogP contribution in [-0.4, -0.2) is 33.6 Å². The molecule has 2 aromatic rings. The SMILES string of the molecule is Cc1noc(C)c1CCC(=O)Nc1ccc2c(c1)N(C)S(=O)(=O)N2C. The van der Waals surface area contributed by atoms with Gasteiger partial charge in [0.2, 0.25) is 5.91 Å². The first-order valence-corrected chi connectivity index (χ1v) is 9.20. The van der Waals surface area contributed by atoms with E-state index in [9.17, 15) is 13.2 Å². The van der Waals surface area contributed by atoms with Crippen LogP contribution in [0.5, 0.6) is 0 Å². The lowest BCUT2D eigenvalue weighted by Crippen LogP contribution is -2.32. The molecule has 0 fully saturated rings. The minimum absolute atomic E-state index is 0.156. The van der Waals surface area contributed by atoms with E-state index >= 15 is 0 Å². The quantitative estimate of drug-likeness (QED) is 0.895. The number of hydrogen-bond acceptors (Lipinski definition) is 5. The van der Waals surface area contributed by atoms with Crippen molar-refractivity contribution in [3.63, 3.8) is 0 Å². The van der Waals surface area contributed by atoms with Crippen LogP contribution >= 0.6 is 0 Å². The summed E-state index contributed by atoms with van der Waals surface area (Å²) in [6.45, 7) is 3.66. The highest BCUT2D eigenvalue weighted by Gasteiger charge is 2.35. The largest absolute Gasteiger partial charge is 0.361 e. The van der Waals surface area contributed by atoms with Gasteiger partial charge >= 0.3 is 10.2 Å². The van der Waals surface area contributed by atoms with Crippen LogP contribution in [0.1, 0.15) is 23.4 Å². The first kappa shape index (κ1) is 17.3. The molecule has 1 aliphatic rings. The van der Waals surface area contributed by atoms with Crippen molar-refractivity contribution < 1.29 is 17.7 Å². The van der Waals surface area contributed by atoms with Gasteiger partial charge in [-0.1, -0.05) is 5.16 Å². The normalized spacial score (nSPS) is 15.4. The Morgan fingerprint density at radius 1 is 1.20 bits per heavy atom. The molecule has 2 heterocycles. The highest BCUT2D eigenvalue weighted by molar-refractivity contribution is 7.94. The van der Waals surface area contributed by atoms with E-state index in [1.807, 2.05) is 13.8 Å². The first-order valence-electron chi connectivity index (χ1n) is 7.80. The molecular formula is C16H20N4O4S. The smallest absolute Gasteiger partial charge is 0.326 e. The minimum Gasteiger partial charge on any atom is -0.361 e. The van der Waals surface area contributed by atoms with Gasteiger partial charge < -0.3 is 9.84 Å². The molecule has 9 heteroatoms. The molecule has 1 aliphatic heterocycles. The van der Waals surface area contributed by atoms with Crippen LogP contribution in [0.2, 0.25) is 0 Å². The third-order valence-corrected chi connectivity index (χ3v) is 6.19. The molecule has 0 aliphatic carbocycles. The first-order chi connectivity index (χ1) is 11.7. The van der Waals surface area contributed by atoms with Crippen LogP contribution in [0.15, 0.2) is 22.7 Å². The lowest BCUT2D eigenvalue weighted by molar-refractivity contribution is -0.116. The lowest BCUT2D eigenvalue weighted by atomic mass is 10.1. The van der Waals surface area contributed by atoms with Crippen LogP contribution in [0.4, 0.5) is 17.1 Å². The van der Waals surface area contributed by atoms with Crippen LogP contribution in [0.3, 0.4) is 0 Å². The second-order valence-electron chi connectivity index (χ2n) is 6.00. The number of hydrogen-bond donors (Lipinski definition) is 1. The van der Waals surface area contributed by atoms with E-state index < -0.39 is 10.2 Å². The van der Waals surface area contributed by atoms with Crippen LogP contribution in [0.25, 0.3) is 0 Å². The van der Waals surface area contributed by atoms with Gasteiger partial charge in [0.25, 0.3) is 0 Å². The highest BCUT2D eigenvalue weighted by atomic mass is 32.2. The molecule has 1 aromatic heterocycles. The van der Waals surface area contributed by atoms with Gasteiger partial charge in [0.05, 0.1) is 17.1 Å². The zero-order valence-electron chi connectivity index (χ0n) is 14.5. The number of anilines is 3. The number of rotatable bonds is 4. The van der Waals surface area contributed by atoms with Crippen molar-refractivity contribution in [1.29, 1.82) is 0 Å². The van der Waals surface area contributed by atoms with Crippen LogP contribution < -0.4 is 13.9 Å². The second-order valence-corrected chi connectivity index (χ2v) is 7.99. The summed E-state index contributed by atoms with van der Waals surface area (Å²) in [6.07, 6.45) is 0.822. The van der Waals surface area contributed by atoms with E-state index in [0.29, 0.717) is 23.5 Å². The molecule has 8 nitrogen and oxygen atoms in total. The number of carbonyl (C=O) groups excluding carboxylic acids is 1. The zero-order chi connectivity index (χ0) is 18.4. The number of nitrogens with zero attached hydrogens (tertiary/aromatic N) is 3. The van der Waals surface area contributed by atoms with Gasteiger partial charge in [-0.05, 0) is 38.5 Å². The molecule has 134 valence electrons. The fourth-order valence-electron chi connectivity index (χ4n) is 2.87. The Morgan fingerprint density at radius 2 is 1.88 bits per heavy atom. The highest BCUT2D eigenvalue weighted by Crippen LogP contribution is 2.40. The maximum absolute atomic E-state index is 12.2. The summed E-state index contributed by atoms with van der Waals surface area (Å²) < 4.78 is 31.8. The van der Waals surface area contributed by atoms with Gasteiger partial charge in [0.15, 0.2) is 0 Å². The van der Waals surface area contributed by atoms with Crippen molar-refractivity contribution >= 4 is 33.2 Å². The summed E-state index contributed by atoms with van der Waals surface area (Å²) in [7, 11) is -0.534. The van der Waals surface area contributed by atoms with E-state index in [1.165, 1.54) is 22.7 Å². The molecule has 0 spiro atoms. The molecule has 1 N–H and O–H groups in total. The molecule has 0 saturated heterocycles. The van der Waals surface area contributed by atoms with Crippen LogP contribution in [0, 0.1) is 13.8 Å². The van der Waals surface area contributed by atoms with Crippen molar-refractivity contribution in [3.8, 4) is 0 Å². The number of carbonyl (C=O) groups is 1. The van der Waals surface area contributed by atoms with Gasteiger partial charge in [0.1, 0.15) is 5.76 Å². The average molecular weight is 364 g/mol. The fourth-order valence-corrected chi connectivity index (χ4v) is 4.04. The summed E-state index contributed by atoms with van der Waals surface area (Å²) in [4.78, 5) is 12.2. The van der Waals surface area contributed by atoms with E-state index in [0.717, 1.165) is 17.0 Å². The van der Waals surface area contributed by atoms with Gasteiger partial charge in [-0.3, -0.25) is 13.4 Å². The minimum atomic E-state index is -3.52. The molecule has 0 saturated carbocycles. The van der Waals surface area contributed by atoms with Crippen molar-refractivity contribution in [2.45, 2.75) is 26.7 Å². The maximum Gasteiger partial charge on any atom is 0.326 e. The Labute approximate surface area is 146 Å². The topological polar surface area (TPSA) is 95.7 Å². The monoisotopic (exact) mass is 364 g/mol. The number of nitrogens with one attached hydrogen (secondary N) is 1. The van der Waals surface area contributed by atoms with Crippen LogP contribution in [-0.2, 0) is 21.4 Å². The summed E-state index contributed by atoms with van der Waals surface area (Å²) in [5, 5.41) is 6.68. The predicted molar refractivity (Wildman–Crippen MR) is 95.1 cm³/mol. The molecule has 3 rings (SSSR count). The van der Waals surface area contributed by atoms with Crippen molar-refractivity contribution in [1.82, 2.24) is 5.16 Å². The standard InChI is InChI=1S/C16H20N4O4S/c1-10-13(11(2)24-18-10)6-8-16(21)17-12-5-7-14-15(9-12)20(4)25(22,23)19(14)3/h5,7,9H,6,8H2,1-4H3,(H,17,21). The summed E-state index contributed by atoms with van der Waals surface area (Å²) in [6, 6.07) is 5.03. The van der Waals surface area contributed by atoms with Gasteiger partial charge in [-0.25, -0.2) is 0 Å². The van der Waals surface area contributed by atoms with Gasteiger partial charge in [-0.2, -0.15) is 8.42 Å². The molecular weight excluding hydrogens is 344 g/mol. The van der Waals surface area contributed by atoms with Gasteiger partial charge in [0, 0.05) is 31.8 Å². The fraction of sp³-hybridized carbons (Fsp3) is 0.375. The molecule has 1 aromatic carbocycles. The third kappa shape index (κ3) is 2.95. The predicted octanol–water partition coefficient (Wildman–Crippen LogP) is 1.99.